The molecule has 0 aliphatic rings. The number of halogens is 1. The lowest BCUT2D eigenvalue weighted by atomic mass is 10.2. The third-order valence-electron chi connectivity index (χ3n) is 2.63. The molecule has 2 aromatic carbocycles. The number of aromatic nitrogens is 3. The molecule has 4 heteroatoms. The quantitative estimate of drug-likeness (QED) is 0.722. The Balaban J connectivity index is 2.00. The monoisotopic (exact) mass is 299 g/mol. The fourth-order valence-corrected chi connectivity index (χ4v) is 2.15. The van der Waals surface area contributed by atoms with E-state index >= 15 is 0 Å². The van der Waals surface area contributed by atoms with E-state index in [0.29, 0.717) is 0 Å². The number of nitrogens with zero attached hydrogens (tertiary/aromatic N) is 3. The van der Waals surface area contributed by atoms with E-state index in [1.54, 1.807) is 4.68 Å². The second-order valence-corrected chi connectivity index (χ2v) is 4.81. The van der Waals surface area contributed by atoms with Gasteiger partial charge in [-0.2, -0.15) is 0 Å². The average Bonchev–Trinajstić information content (AvgIpc) is 2.89. The van der Waals surface area contributed by atoms with Crippen molar-refractivity contribution in [3.8, 4) is 16.9 Å². The predicted octanol–water partition coefficient (Wildman–Crippen LogP) is 3.70. The van der Waals surface area contributed by atoms with E-state index in [1.165, 1.54) is 0 Å². The Bertz CT molecular complexity index is 662. The van der Waals surface area contributed by atoms with E-state index < -0.39 is 0 Å². The van der Waals surface area contributed by atoms with Gasteiger partial charge in [-0.25, -0.2) is 4.68 Å². The van der Waals surface area contributed by atoms with Gasteiger partial charge in [0.2, 0.25) is 0 Å². The van der Waals surface area contributed by atoms with Crippen molar-refractivity contribution in [1.29, 1.82) is 0 Å². The van der Waals surface area contributed by atoms with E-state index in [0.717, 1.165) is 21.4 Å². The second kappa shape index (κ2) is 4.74. The summed E-state index contributed by atoms with van der Waals surface area (Å²) >= 11 is 3.46. The minimum atomic E-state index is 0.861. The Morgan fingerprint density at radius 3 is 2.56 bits per heavy atom. The second-order valence-electron chi connectivity index (χ2n) is 3.89. The Labute approximate surface area is 113 Å². The number of benzene rings is 2. The molecular weight excluding hydrogens is 290 g/mol. The first kappa shape index (κ1) is 11.2. The summed E-state index contributed by atoms with van der Waals surface area (Å²) in [4.78, 5) is 0. The molecule has 0 spiro atoms. The third kappa shape index (κ3) is 2.19. The molecule has 0 aliphatic heterocycles. The van der Waals surface area contributed by atoms with Crippen LogP contribution in [0.2, 0.25) is 0 Å². The molecule has 1 aromatic heterocycles. The van der Waals surface area contributed by atoms with Gasteiger partial charge < -0.3 is 0 Å². The van der Waals surface area contributed by atoms with E-state index in [4.69, 9.17) is 0 Å². The molecule has 88 valence electrons. The lowest BCUT2D eigenvalue weighted by Gasteiger charge is -1.98. The van der Waals surface area contributed by atoms with E-state index in [1.807, 2.05) is 60.8 Å². The first-order valence-electron chi connectivity index (χ1n) is 5.57. The van der Waals surface area contributed by atoms with Gasteiger partial charge >= 0.3 is 0 Å². The SMILES string of the molecule is Brc1cccc(-c2cn(-c3ccccc3)nn2)c1. The number of para-hydroxylation sites is 1. The van der Waals surface area contributed by atoms with Gasteiger partial charge in [0.05, 0.1) is 11.9 Å². The molecular formula is C14H10BrN3. The van der Waals surface area contributed by atoms with Crippen molar-refractivity contribution in [2.75, 3.05) is 0 Å². The summed E-state index contributed by atoms with van der Waals surface area (Å²) in [6, 6.07) is 18.0. The van der Waals surface area contributed by atoms with Crippen LogP contribution in [0.3, 0.4) is 0 Å². The van der Waals surface area contributed by atoms with E-state index in [2.05, 4.69) is 26.2 Å². The number of hydrogen-bond acceptors (Lipinski definition) is 2. The minimum absolute atomic E-state index is 0.861. The highest BCUT2D eigenvalue weighted by atomic mass is 79.9. The maximum absolute atomic E-state index is 4.20. The van der Waals surface area contributed by atoms with Gasteiger partial charge in [0.25, 0.3) is 0 Å². The fraction of sp³-hybridized carbons (Fsp3) is 0. The van der Waals surface area contributed by atoms with Crippen LogP contribution in [0.4, 0.5) is 0 Å². The summed E-state index contributed by atoms with van der Waals surface area (Å²) in [6.07, 6.45) is 1.93. The molecule has 0 N–H and O–H groups in total. The summed E-state index contributed by atoms with van der Waals surface area (Å²) in [5.41, 5.74) is 2.91. The van der Waals surface area contributed by atoms with Gasteiger partial charge in [-0.05, 0) is 24.3 Å². The summed E-state index contributed by atoms with van der Waals surface area (Å²) in [5.74, 6) is 0. The van der Waals surface area contributed by atoms with E-state index in [-0.39, 0.29) is 0 Å². The molecule has 3 rings (SSSR count). The smallest absolute Gasteiger partial charge is 0.113 e. The van der Waals surface area contributed by atoms with Crippen molar-refractivity contribution < 1.29 is 0 Å². The molecule has 0 unspecified atom stereocenters. The topological polar surface area (TPSA) is 30.7 Å². The van der Waals surface area contributed by atoms with Gasteiger partial charge in [0.1, 0.15) is 5.69 Å². The zero-order valence-electron chi connectivity index (χ0n) is 9.49. The van der Waals surface area contributed by atoms with Crippen molar-refractivity contribution in [3.63, 3.8) is 0 Å². The normalized spacial score (nSPS) is 10.5. The number of hydrogen-bond donors (Lipinski definition) is 0. The molecule has 1 heterocycles. The van der Waals surface area contributed by atoms with Crippen molar-refractivity contribution >= 4 is 15.9 Å². The van der Waals surface area contributed by atoms with Crippen LogP contribution in [0.15, 0.2) is 65.3 Å². The standard InChI is InChI=1S/C14H10BrN3/c15-12-6-4-5-11(9-12)14-10-18(17-16-14)13-7-2-1-3-8-13/h1-10H. The summed E-state index contributed by atoms with van der Waals surface area (Å²) in [6.45, 7) is 0. The van der Waals surface area contributed by atoms with Crippen LogP contribution in [0.5, 0.6) is 0 Å². The lowest BCUT2D eigenvalue weighted by molar-refractivity contribution is 0.804. The molecule has 3 nitrogen and oxygen atoms in total. The molecule has 0 fully saturated rings. The fourth-order valence-electron chi connectivity index (χ4n) is 1.75. The zero-order valence-corrected chi connectivity index (χ0v) is 11.1. The Hall–Kier alpha value is -1.94. The van der Waals surface area contributed by atoms with Gasteiger partial charge in [-0.15, -0.1) is 5.10 Å². The van der Waals surface area contributed by atoms with Gasteiger partial charge in [0, 0.05) is 10.0 Å². The Morgan fingerprint density at radius 2 is 1.78 bits per heavy atom. The highest BCUT2D eigenvalue weighted by Gasteiger charge is 2.05. The molecule has 0 saturated carbocycles. The molecule has 0 bridgehead atoms. The molecule has 0 radical (unpaired) electrons. The maximum Gasteiger partial charge on any atom is 0.113 e. The minimum Gasteiger partial charge on any atom is -0.220 e. The summed E-state index contributed by atoms with van der Waals surface area (Å²) in [7, 11) is 0. The third-order valence-corrected chi connectivity index (χ3v) is 3.13. The van der Waals surface area contributed by atoms with Crippen LogP contribution in [0.1, 0.15) is 0 Å². The van der Waals surface area contributed by atoms with Crippen LogP contribution < -0.4 is 0 Å². The Morgan fingerprint density at radius 1 is 0.944 bits per heavy atom. The van der Waals surface area contributed by atoms with Crippen LogP contribution in [-0.2, 0) is 0 Å². The van der Waals surface area contributed by atoms with Crippen molar-refractivity contribution in [2.45, 2.75) is 0 Å². The Kier molecular flexibility index (Phi) is 2.94. The zero-order chi connectivity index (χ0) is 12.4. The van der Waals surface area contributed by atoms with Gasteiger partial charge in [-0.1, -0.05) is 51.5 Å². The highest BCUT2D eigenvalue weighted by molar-refractivity contribution is 9.10. The first-order valence-corrected chi connectivity index (χ1v) is 6.36. The summed E-state index contributed by atoms with van der Waals surface area (Å²) < 4.78 is 2.81. The molecule has 18 heavy (non-hydrogen) atoms. The predicted molar refractivity (Wildman–Crippen MR) is 74.5 cm³/mol. The van der Waals surface area contributed by atoms with Crippen molar-refractivity contribution in [2.24, 2.45) is 0 Å². The van der Waals surface area contributed by atoms with Crippen LogP contribution >= 0.6 is 15.9 Å². The molecule has 0 saturated heterocycles. The van der Waals surface area contributed by atoms with Crippen LogP contribution in [0.25, 0.3) is 16.9 Å². The van der Waals surface area contributed by atoms with Crippen LogP contribution in [-0.4, -0.2) is 15.0 Å². The first-order chi connectivity index (χ1) is 8.83. The lowest BCUT2D eigenvalue weighted by Crippen LogP contribution is -1.93. The molecule has 0 aliphatic carbocycles. The molecule has 0 atom stereocenters. The largest absolute Gasteiger partial charge is 0.220 e. The van der Waals surface area contributed by atoms with Gasteiger partial charge in [0.15, 0.2) is 0 Å². The van der Waals surface area contributed by atoms with E-state index in [9.17, 15) is 0 Å². The number of rotatable bonds is 2. The summed E-state index contributed by atoms with van der Waals surface area (Å²) in [5, 5.41) is 8.34. The van der Waals surface area contributed by atoms with Crippen molar-refractivity contribution in [1.82, 2.24) is 15.0 Å². The molecule has 3 aromatic rings. The van der Waals surface area contributed by atoms with Crippen LogP contribution in [0, 0.1) is 0 Å². The van der Waals surface area contributed by atoms with Gasteiger partial charge in [-0.3, -0.25) is 0 Å². The average molecular weight is 300 g/mol. The highest BCUT2D eigenvalue weighted by Crippen LogP contribution is 2.21. The molecule has 0 amide bonds. The maximum atomic E-state index is 4.20. The van der Waals surface area contributed by atoms with Crippen molar-refractivity contribution in [3.05, 3.63) is 65.3 Å².